The van der Waals surface area contributed by atoms with Crippen molar-refractivity contribution >= 4 is 26.4 Å². The molecule has 0 spiro atoms. The van der Waals surface area contributed by atoms with Gasteiger partial charge in [0.1, 0.15) is 4.90 Å². The highest BCUT2D eigenvalue weighted by Gasteiger charge is 2.27. The number of aromatic nitrogens is 1. The molecular weight excluding hydrogens is 344 g/mol. The number of fused-ring (bicyclic) bond motifs is 1. The molecule has 0 atom stereocenters. The summed E-state index contributed by atoms with van der Waals surface area (Å²) in [6.45, 7) is 3.82. The van der Waals surface area contributed by atoms with Crippen molar-refractivity contribution in [1.29, 1.82) is 0 Å². The van der Waals surface area contributed by atoms with Gasteiger partial charge in [0.15, 0.2) is 0 Å². The van der Waals surface area contributed by atoms with Gasteiger partial charge in [-0.15, -0.1) is 0 Å². The monoisotopic (exact) mass is 366 g/mol. The second-order valence-electron chi connectivity index (χ2n) is 6.68. The zero-order chi connectivity index (χ0) is 18.1. The molecule has 0 bridgehead atoms. The van der Waals surface area contributed by atoms with Gasteiger partial charge in [0, 0.05) is 24.7 Å². The maximum Gasteiger partial charge on any atom is 0.210 e. The summed E-state index contributed by atoms with van der Waals surface area (Å²) in [4.78, 5) is 7.26. The van der Waals surface area contributed by atoms with Crippen LogP contribution < -0.4 is 4.90 Å². The predicted molar refractivity (Wildman–Crippen MR) is 104 cm³/mol. The molecule has 1 saturated heterocycles. The molecular formula is C21H22N2O2S. The summed E-state index contributed by atoms with van der Waals surface area (Å²) in [6, 6.07) is 15.0. The van der Waals surface area contributed by atoms with Crippen molar-refractivity contribution in [2.75, 3.05) is 18.0 Å². The number of nitrogens with zero attached hydrogens (tertiary/aromatic N) is 2. The fourth-order valence-electron chi connectivity index (χ4n) is 3.60. The quantitative estimate of drug-likeness (QED) is 0.693. The summed E-state index contributed by atoms with van der Waals surface area (Å²) in [7, 11) is -3.63. The average molecular weight is 366 g/mol. The minimum atomic E-state index is -3.63. The predicted octanol–water partition coefficient (Wildman–Crippen LogP) is 4.23. The Bertz CT molecular complexity index is 1040. The van der Waals surface area contributed by atoms with E-state index < -0.39 is 9.84 Å². The lowest BCUT2D eigenvalue weighted by molar-refractivity contribution is 0.595. The van der Waals surface area contributed by atoms with Crippen LogP contribution in [0.5, 0.6) is 0 Å². The van der Waals surface area contributed by atoms with Crippen molar-refractivity contribution in [3.63, 3.8) is 0 Å². The lowest BCUT2D eigenvalue weighted by Crippen LogP contribution is -2.21. The molecule has 4 nitrogen and oxygen atoms in total. The number of sulfone groups is 1. The minimum Gasteiger partial charge on any atom is -0.370 e. The molecule has 1 aliphatic heterocycles. The fourth-order valence-corrected chi connectivity index (χ4v) is 5.04. The standard InChI is InChI=1S/C21H22N2O2S/c1-2-16-9-11-17(12-10-16)26(24,25)20-15-22-19-8-4-3-7-18(19)21(20)23-13-5-6-14-23/h3-4,7-12,15H,2,5-6,13-14H2,1H3. The van der Waals surface area contributed by atoms with E-state index >= 15 is 0 Å². The molecule has 26 heavy (non-hydrogen) atoms. The molecule has 0 saturated carbocycles. The summed E-state index contributed by atoms with van der Waals surface area (Å²) < 4.78 is 26.8. The molecule has 4 rings (SSSR count). The highest BCUT2D eigenvalue weighted by atomic mass is 32.2. The SMILES string of the molecule is CCc1ccc(S(=O)(=O)c2cnc3ccccc3c2N2CCCC2)cc1. The second kappa shape index (κ2) is 6.72. The molecule has 134 valence electrons. The zero-order valence-electron chi connectivity index (χ0n) is 14.9. The van der Waals surface area contributed by atoms with Gasteiger partial charge in [-0.2, -0.15) is 0 Å². The van der Waals surface area contributed by atoms with Gasteiger partial charge in [0.05, 0.1) is 16.1 Å². The Hall–Kier alpha value is -2.40. The van der Waals surface area contributed by atoms with Crippen molar-refractivity contribution in [3.05, 3.63) is 60.3 Å². The Morgan fingerprint density at radius 1 is 1.00 bits per heavy atom. The number of aryl methyl sites for hydroxylation is 1. The third kappa shape index (κ3) is 2.86. The average Bonchev–Trinajstić information content (AvgIpc) is 3.21. The van der Waals surface area contributed by atoms with E-state index in [1.165, 1.54) is 6.20 Å². The number of para-hydroxylation sites is 1. The van der Waals surface area contributed by atoms with Crippen LogP contribution in [0.4, 0.5) is 5.69 Å². The molecule has 2 aromatic carbocycles. The van der Waals surface area contributed by atoms with Crippen molar-refractivity contribution in [3.8, 4) is 0 Å². The maximum atomic E-state index is 13.4. The highest BCUT2D eigenvalue weighted by Crippen LogP contribution is 2.37. The van der Waals surface area contributed by atoms with E-state index in [1.54, 1.807) is 12.1 Å². The number of benzene rings is 2. The van der Waals surface area contributed by atoms with Crippen molar-refractivity contribution in [2.24, 2.45) is 0 Å². The second-order valence-corrected chi connectivity index (χ2v) is 8.60. The number of hydrogen-bond acceptors (Lipinski definition) is 4. The van der Waals surface area contributed by atoms with E-state index in [1.807, 2.05) is 36.4 Å². The summed E-state index contributed by atoms with van der Waals surface area (Å²) in [6.07, 6.45) is 4.58. The summed E-state index contributed by atoms with van der Waals surface area (Å²) in [5.74, 6) is 0. The first-order valence-electron chi connectivity index (χ1n) is 9.08. The highest BCUT2D eigenvalue weighted by molar-refractivity contribution is 7.91. The largest absolute Gasteiger partial charge is 0.370 e. The van der Waals surface area contributed by atoms with E-state index in [4.69, 9.17) is 0 Å². The van der Waals surface area contributed by atoms with Gasteiger partial charge in [0.25, 0.3) is 0 Å². The number of rotatable bonds is 4. The fraction of sp³-hybridized carbons (Fsp3) is 0.286. The van der Waals surface area contributed by atoms with E-state index in [9.17, 15) is 8.42 Å². The van der Waals surface area contributed by atoms with Gasteiger partial charge >= 0.3 is 0 Å². The summed E-state index contributed by atoms with van der Waals surface area (Å²) >= 11 is 0. The Kier molecular flexibility index (Phi) is 4.41. The lowest BCUT2D eigenvalue weighted by atomic mass is 10.1. The number of hydrogen-bond donors (Lipinski definition) is 0. The lowest BCUT2D eigenvalue weighted by Gasteiger charge is -2.23. The van der Waals surface area contributed by atoms with Gasteiger partial charge < -0.3 is 4.90 Å². The minimum absolute atomic E-state index is 0.308. The van der Waals surface area contributed by atoms with E-state index in [0.717, 1.165) is 54.5 Å². The molecule has 0 aliphatic carbocycles. The van der Waals surface area contributed by atoms with Crippen molar-refractivity contribution in [1.82, 2.24) is 4.98 Å². The molecule has 0 amide bonds. The molecule has 3 aromatic rings. The first-order chi connectivity index (χ1) is 12.6. The van der Waals surface area contributed by atoms with Crippen LogP contribution in [0.25, 0.3) is 10.9 Å². The normalized spacial score (nSPS) is 14.9. The van der Waals surface area contributed by atoms with Crippen LogP contribution in [0, 0.1) is 0 Å². The van der Waals surface area contributed by atoms with Crippen LogP contribution in [0.3, 0.4) is 0 Å². The first-order valence-corrected chi connectivity index (χ1v) is 10.6. The zero-order valence-corrected chi connectivity index (χ0v) is 15.7. The van der Waals surface area contributed by atoms with Crippen LogP contribution >= 0.6 is 0 Å². The smallest absolute Gasteiger partial charge is 0.210 e. The first kappa shape index (κ1) is 17.0. The van der Waals surface area contributed by atoms with Crippen LogP contribution in [0.1, 0.15) is 25.3 Å². The van der Waals surface area contributed by atoms with Crippen molar-refractivity contribution < 1.29 is 8.42 Å². The molecule has 0 unspecified atom stereocenters. The number of anilines is 1. The van der Waals surface area contributed by atoms with E-state index in [-0.39, 0.29) is 0 Å². The molecule has 1 aliphatic rings. The van der Waals surface area contributed by atoms with Crippen LogP contribution in [-0.4, -0.2) is 26.5 Å². The van der Waals surface area contributed by atoms with Crippen LogP contribution in [0.15, 0.2) is 64.5 Å². The summed E-state index contributed by atoms with van der Waals surface area (Å²) in [5.41, 5.74) is 2.75. The topological polar surface area (TPSA) is 50.3 Å². The molecule has 1 aromatic heterocycles. The van der Waals surface area contributed by atoms with Crippen LogP contribution in [-0.2, 0) is 16.3 Å². The maximum absolute atomic E-state index is 13.4. The van der Waals surface area contributed by atoms with E-state index in [2.05, 4.69) is 16.8 Å². The molecule has 5 heteroatoms. The van der Waals surface area contributed by atoms with Gasteiger partial charge in [-0.1, -0.05) is 37.3 Å². The van der Waals surface area contributed by atoms with Gasteiger partial charge in [-0.05, 0) is 43.0 Å². The Morgan fingerprint density at radius 3 is 2.38 bits per heavy atom. The Morgan fingerprint density at radius 2 is 1.69 bits per heavy atom. The van der Waals surface area contributed by atoms with Gasteiger partial charge in [0.2, 0.25) is 9.84 Å². The molecule has 0 radical (unpaired) electrons. The Balaban J connectivity index is 1.93. The van der Waals surface area contributed by atoms with Gasteiger partial charge in [-0.25, -0.2) is 8.42 Å². The molecule has 2 heterocycles. The summed E-state index contributed by atoms with van der Waals surface area (Å²) in [5, 5.41) is 0.903. The molecule has 0 N–H and O–H groups in total. The molecule has 1 fully saturated rings. The number of pyridine rings is 1. The van der Waals surface area contributed by atoms with E-state index in [0.29, 0.717) is 9.79 Å². The van der Waals surface area contributed by atoms with Crippen LogP contribution in [0.2, 0.25) is 0 Å². The Labute approximate surface area is 154 Å². The third-order valence-electron chi connectivity index (χ3n) is 5.07. The van der Waals surface area contributed by atoms with Crippen molar-refractivity contribution in [2.45, 2.75) is 36.0 Å². The van der Waals surface area contributed by atoms with Gasteiger partial charge in [-0.3, -0.25) is 4.98 Å². The third-order valence-corrected chi connectivity index (χ3v) is 6.84.